The van der Waals surface area contributed by atoms with Crippen molar-refractivity contribution in [2.45, 2.75) is 25.4 Å². The SMILES string of the molecule is CN=C(NCc1ccc(CS(C)(=O)=O)cc1)NCc1ccccc1Cn1cccn1. The molecule has 0 aliphatic heterocycles. The number of guanidine groups is 1. The molecule has 158 valence electrons. The first-order chi connectivity index (χ1) is 14.4. The number of aliphatic imine (C=N–C) groups is 1. The second-order valence-electron chi connectivity index (χ2n) is 7.14. The molecule has 0 saturated carbocycles. The highest BCUT2D eigenvalue weighted by Gasteiger charge is 2.06. The van der Waals surface area contributed by atoms with Gasteiger partial charge in [0.15, 0.2) is 15.8 Å². The number of nitrogens with one attached hydrogen (secondary N) is 2. The van der Waals surface area contributed by atoms with Gasteiger partial charge in [-0.25, -0.2) is 8.42 Å². The molecule has 0 aliphatic rings. The van der Waals surface area contributed by atoms with Crippen LogP contribution in [0, 0.1) is 0 Å². The topological polar surface area (TPSA) is 88.4 Å². The highest BCUT2D eigenvalue weighted by Crippen LogP contribution is 2.11. The van der Waals surface area contributed by atoms with Crippen molar-refractivity contribution in [1.29, 1.82) is 0 Å². The van der Waals surface area contributed by atoms with E-state index in [9.17, 15) is 8.42 Å². The fourth-order valence-corrected chi connectivity index (χ4v) is 3.89. The number of nitrogens with zero attached hydrogens (tertiary/aromatic N) is 3. The zero-order valence-corrected chi connectivity index (χ0v) is 18.1. The predicted octanol–water partition coefficient (Wildman–Crippen LogP) is 2.34. The third-order valence-corrected chi connectivity index (χ3v) is 5.45. The number of hydrogen-bond donors (Lipinski definition) is 2. The summed E-state index contributed by atoms with van der Waals surface area (Å²) < 4.78 is 24.7. The maximum atomic E-state index is 11.4. The molecule has 2 aromatic carbocycles. The van der Waals surface area contributed by atoms with E-state index < -0.39 is 9.84 Å². The van der Waals surface area contributed by atoms with Crippen LogP contribution in [0.1, 0.15) is 22.3 Å². The summed E-state index contributed by atoms with van der Waals surface area (Å²) in [5.74, 6) is 0.756. The van der Waals surface area contributed by atoms with E-state index in [0.717, 1.165) is 17.7 Å². The smallest absolute Gasteiger partial charge is 0.191 e. The number of benzene rings is 2. The Bertz CT molecular complexity index is 1070. The molecule has 0 saturated heterocycles. The minimum Gasteiger partial charge on any atom is -0.352 e. The lowest BCUT2D eigenvalue weighted by Gasteiger charge is -2.14. The van der Waals surface area contributed by atoms with Crippen LogP contribution in [-0.4, -0.2) is 37.5 Å². The largest absolute Gasteiger partial charge is 0.352 e. The van der Waals surface area contributed by atoms with Crippen LogP contribution < -0.4 is 10.6 Å². The van der Waals surface area contributed by atoms with E-state index in [2.05, 4.69) is 32.9 Å². The first-order valence-corrected chi connectivity index (χ1v) is 11.7. The summed E-state index contributed by atoms with van der Waals surface area (Å²) >= 11 is 0. The first-order valence-electron chi connectivity index (χ1n) is 9.67. The number of rotatable bonds is 8. The molecule has 0 bridgehead atoms. The van der Waals surface area contributed by atoms with Gasteiger partial charge >= 0.3 is 0 Å². The Hall–Kier alpha value is -3.13. The average Bonchev–Trinajstić information content (AvgIpc) is 3.22. The lowest BCUT2D eigenvalue weighted by Crippen LogP contribution is -2.36. The average molecular weight is 426 g/mol. The van der Waals surface area contributed by atoms with Gasteiger partial charge in [0, 0.05) is 38.8 Å². The molecule has 0 amide bonds. The summed E-state index contributed by atoms with van der Waals surface area (Å²) in [6.07, 6.45) is 4.97. The molecule has 30 heavy (non-hydrogen) atoms. The second kappa shape index (κ2) is 10.1. The van der Waals surface area contributed by atoms with Gasteiger partial charge in [0.2, 0.25) is 0 Å². The molecule has 0 spiro atoms. The minimum atomic E-state index is -3.02. The monoisotopic (exact) mass is 425 g/mol. The maximum absolute atomic E-state index is 11.4. The summed E-state index contributed by atoms with van der Waals surface area (Å²) in [6, 6.07) is 17.7. The van der Waals surface area contributed by atoms with E-state index >= 15 is 0 Å². The Morgan fingerprint density at radius 2 is 1.63 bits per heavy atom. The van der Waals surface area contributed by atoms with Crippen molar-refractivity contribution in [2.75, 3.05) is 13.3 Å². The van der Waals surface area contributed by atoms with Crippen molar-refractivity contribution in [1.82, 2.24) is 20.4 Å². The van der Waals surface area contributed by atoms with Crippen molar-refractivity contribution in [2.24, 2.45) is 4.99 Å². The van der Waals surface area contributed by atoms with E-state index in [1.807, 2.05) is 53.3 Å². The van der Waals surface area contributed by atoms with Gasteiger partial charge < -0.3 is 10.6 Å². The van der Waals surface area contributed by atoms with Gasteiger partial charge in [0.05, 0.1) is 12.3 Å². The molecule has 2 N–H and O–H groups in total. The number of sulfone groups is 1. The number of aromatic nitrogens is 2. The molecule has 0 atom stereocenters. The molecule has 0 fully saturated rings. The van der Waals surface area contributed by atoms with Crippen LogP contribution in [0.25, 0.3) is 0 Å². The Kier molecular flexibility index (Phi) is 7.24. The fourth-order valence-electron chi connectivity index (χ4n) is 3.09. The van der Waals surface area contributed by atoms with E-state index in [1.54, 1.807) is 13.2 Å². The molecule has 0 unspecified atom stereocenters. The Morgan fingerprint density at radius 3 is 2.27 bits per heavy atom. The lowest BCUT2D eigenvalue weighted by molar-refractivity contribution is 0.601. The standard InChI is InChI=1S/C22H27N5O2S/c1-23-22(24-14-18-8-10-19(11-9-18)17-30(2,28)29)25-15-20-6-3-4-7-21(20)16-27-13-5-12-26-27/h3-13H,14-17H2,1-2H3,(H2,23,24,25). The lowest BCUT2D eigenvalue weighted by atomic mass is 10.1. The van der Waals surface area contributed by atoms with Crippen LogP contribution >= 0.6 is 0 Å². The van der Waals surface area contributed by atoms with Crippen LogP contribution in [0.15, 0.2) is 72.0 Å². The summed E-state index contributed by atoms with van der Waals surface area (Å²) in [7, 11) is -1.29. The molecule has 0 radical (unpaired) electrons. The Labute approximate surface area is 177 Å². The van der Waals surface area contributed by atoms with Crippen molar-refractivity contribution >= 4 is 15.8 Å². The maximum Gasteiger partial charge on any atom is 0.191 e. The predicted molar refractivity (Wildman–Crippen MR) is 120 cm³/mol. The number of hydrogen-bond acceptors (Lipinski definition) is 4. The summed E-state index contributed by atoms with van der Waals surface area (Å²) in [5.41, 5.74) is 4.22. The van der Waals surface area contributed by atoms with E-state index in [0.29, 0.717) is 19.0 Å². The zero-order valence-electron chi connectivity index (χ0n) is 17.2. The van der Waals surface area contributed by atoms with Crippen LogP contribution in [0.3, 0.4) is 0 Å². The summed E-state index contributed by atoms with van der Waals surface area (Å²) in [4.78, 5) is 4.29. The Morgan fingerprint density at radius 1 is 0.967 bits per heavy atom. The van der Waals surface area contributed by atoms with Crippen molar-refractivity contribution in [3.8, 4) is 0 Å². The van der Waals surface area contributed by atoms with Gasteiger partial charge in [-0.15, -0.1) is 0 Å². The van der Waals surface area contributed by atoms with Crippen LogP contribution in [0.5, 0.6) is 0 Å². The van der Waals surface area contributed by atoms with Gasteiger partial charge in [-0.2, -0.15) is 5.10 Å². The van der Waals surface area contributed by atoms with E-state index in [-0.39, 0.29) is 5.75 Å². The minimum absolute atomic E-state index is 0.0574. The highest BCUT2D eigenvalue weighted by molar-refractivity contribution is 7.89. The van der Waals surface area contributed by atoms with Gasteiger partial charge in [0.25, 0.3) is 0 Å². The second-order valence-corrected chi connectivity index (χ2v) is 9.28. The highest BCUT2D eigenvalue weighted by atomic mass is 32.2. The third-order valence-electron chi connectivity index (χ3n) is 4.59. The zero-order chi connectivity index (χ0) is 21.4. The van der Waals surface area contributed by atoms with Crippen LogP contribution in [0.2, 0.25) is 0 Å². The van der Waals surface area contributed by atoms with Crippen LogP contribution in [0.4, 0.5) is 0 Å². The quantitative estimate of drug-likeness (QED) is 0.427. The van der Waals surface area contributed by atoms with E-state index in [1.165, 1.54) is 17.4 Å². The molecule has 1 heterocycles. The van der Waals surface area contributed by atoms with Crippen molar-refractivity contribution in [3.63, 3.8) is 0 Å². The van der Waals surface area contributed by atoms with Crippen molar-refractivity contribution in [3.05, 3.63) is 89.2 Å². The molecular weight excluding hydrogens is 398 g/mol. The molecule has 3 rings (SSSR count). The molecule has 0 aliphatic carbocycles. The van der Waals surface area contributed by atoms with Gasteiger partial charge in [0.1, 0.15) is 0 Å². The molecule has 8 heteroatoms. The van der Waals surface area contributed by atoms with Crippen molar-refractivity contribution < 1.29 is 8.42 Å². The first kappa shape index (κ1) is 21.6. The molecule has 7 nitrogen and oxygen atoms in total. The van der Waals surface area contributed by atoms with Gasteiger partial charge in [-0.3, -0.25) is 9.67 Å². The molecule has 3 aromatic rings. The van der Waals surface area contributed by atoms with Gasteiger partial charge in [-0.05, 0) is 28.3 Å². The third kappa shape index (κ3) is 6.73. The molecular formula is C22H27N5O2S. The Balaban J connectivity index is 1.54. The van der Waals surface area contributed by atoms with Crippen LogP contribution in [-0.2, 0) is 35.2 Å². The normalized spacial score (nSPS) is 12.0. The summed E-state index contributed by atoms with van der Waals surface area (Å²) in [6.45, 7) is 1.95. The van der Waals surface area contributed by atoms with E-state index in [4.69, 9.17) is 0 Å². The van der Waals surface area contributed by atoms with Gasteiger partial charge in [-0.1, -0.05) is 48.5 Å². The fraction of sp³-hybridized carbons (Fsp3) is 0.273. The summed E-state index contributed by atoms with van der Waals surface area (Å²) in [5, 5.41) is 10.9. The molecule has 1 aromatic heterocycles.